The molecule has 1 N–H and O–H groups in total. The fraction of sp³-hybridized carbons (Fsp3) is 0.154. The number of alkyl halides is 3. The molecule has 0 amide bonds. The van der Waals surface area contributed by atoms with Gasteiger partial charge in [0.15, 0.2) is 0 Å². The standard InChI is InChI=1S/C13H12F3N3/c1-2-6-17-12-18-7-8-19(12)11-5-3-4-10(9-11)13(14,15)16/h2-5,7-9H,1,6H2,(H,17,18). The summed E-state index contributed by atoms with van der Waals surface area (Å²) in [5, 5.41) is 2.95. The van der Waals surface area contributed by atoms with Gasteiger partial charge in [-0.15, -0.1) is 6.58 Å². The number of halogens is 3. The van der Waals surface area contributed by atoms with Crippen LogP contribution in [0.2, 0.25) is 0 Å². The van der Waals surface area contributed by atoms with Gasteiger partial charge in [-0.2, -0.15) is 13.2 Å². The Balaban J connectivity index is 2.37. The highest BCUT2D eigenvalue weighted by atomic mass is 19.4. The van der Waals surface area contributed by atoms with Crippen LogP contribution in [0.5, 0.6) is 0 Å². The lowest BCUT2D eigenvalue weighted by molar-refractivity contribution is -0.137. The molecule has 0 unspecified atom stereocenters. The molecule has 1 aromatic heterocycles. The van der Waals surface area contributed by atoms with Crippen LogP contribution in [0.4, 0.5) is 19.1 Å². The van der Waals surface area contributed by atoms with Crippen LogP contribution in [0.15, 0.2) is 49.3 Å². The second-order valence-corrected chi connectivity index (χ2v) is 3.84. The number of hydrogen-bond acceptors (Lipinski definition) is 2. The number of rotatable bonds is 4. The minimum Gasteiger partial charge on any atom is -0.352 e. The minimum atomic E-state index is -4.36. The van der Waals surface area contributed by atoms with Gasteiger partial charge in [-0.25, -0.2) is 4.98 Å². The Morgan fingerprint density at radius 2 is 2.16 bits per heavy atom. The summed E-state index contributed by atoms with van der Waals surface area (Å²) in [6, 6.07) is 5.09. The molecule has 0 saturated heterocycles. The molecule has 1 aromatic carbocycles. The molecule has 0 aliphatic heterocycles. The summed E-state index contributed by atoms with van der Waals surface area (Å²) in [5.74, 6) is 0.472. The largest absolute Gasteiger partial charge is 0.416 e. The average Bonchev–Trinajstić information content (AvgIpc) is 2.83. The van der Waals surface area contributed by atoms with Crippen molar-refractivity contribution in [3.05, 3.63) is 54.9 Å². The molecule has 0 fully saturated rings. The molecule has 0 atom stereocenters. The van der Waals surface area contributed by atoms with E-state index < -0.39 is 11.7 Å². The fourth-order valence-electron chi connectivity index (χ4n) is 1.64. The summed E-state index contributed by atoms with van der Waals surface area (Å²) >= 11 is 0. The smallest absolute Gasteiger partial charge is 0.352 e. The van der Waals surface area contributed by atoms with E-state index in [0.29, 0.717) is 18.2 Å². The Kier molecular flexibility index (Phi) is 3.59. The van der Waals surface area contributed by atoms with Gasteiger partial charge in [-0.05, 0) is 18.2 Å². The van der Waals surface area contributed by atoms with Gasteiger partial charge in [0.1, 0.15) is 0 Å². The third-order valence-electron chi connectivity index (χ3n) is 2.50. The number of benzene rings is 1. The van der Waals surface area contributed by atoms with Gasteiger partial charge in [-0.1, -0.05) is 12.1 Å². The summed E-state index contributed by atoms with van der Waals surface area (Å²) < 4.78 is 39.5. The van der Waals surface area contributed by atoms with E-state index in [9.17, 15) is 13.2 Å². The van der Waals surface area contributed by atoms with Crippen LogP contribution in [0, 0.1) is 0 Å². The molecule has 0 spiro atoms. The van der Waals surface area contributed by atoms with Crippen LogP contribution in [0.3, 0.4) is 0 Å². The van der Waals surface area contributed by atoms with Gasteiger partial charge in [0.25, 0.3) is 0 Å². The van der Waals surface area contributed by atoms with Crippen LogP contribution in [-0.2, 0) is 6.18 Å². The van der Waals surface area contributed by atoms with E-state index >= 15 is 0 Å². The van der Waals surface area contributed by atoms with Gasteiger partial charge in [0, 0.05) is 24.6 Å². The molecule has 0 radical (unpaired) electrons. The first-order valence-electron chi connectivity index (χ1n) is 5.58. The lowest BCUT2D eigenvalue weighted by atomic mass is 10.2. The molecule has 2 aromatic rings. The maximum absolute atomic E-state index is 12.7. The van der Waals surface area contributed by atoms with Gasteiger partial charge in [0.2, 0.25) is 5.95 Å². The molecule has 1 heterocycles. The van der Waals surface area contributed by atoms with Crippen molar-refractivity contribution in [3.8, 4) is 5.69 Å². The van der Waals surface area contributed by atoms with Crippen molar-refractivity contribution in [3.63, 3.8) is 0 Å². The zero-order valence-corrected chi connectivity index (χ0v) is 9.98. The minimum absolute atomic E-state index is 0.402. The number of imidazole rings is 1. The molecule has 0 saturated carbocycles. The maximum Gasteiger partial charge on any atom is 0.416 e. The molecule has 0 aliphatic carbocycles. The highest BCUT2D eigenvalue weighted by Crippen LogP contribution is 2.30. The van der Waals surface area contributed by atoms with Crippen molar-refractivity contribution in [2.75, 3.05) is 11.9 Å². The first kappa shape index (κ1) is 13.2. The third-order valence-corrected chi connectivity index (χ3v) is 2.50. The summed E-state index contributed by atoms with van der Waals surface area (Å²) in [4.78, 5) is 4.04. The van der Waals surface area contributed by atoms with Crippen LogP contribution in [-0.4, -0.2) is 16.1 Å². The van der Waals surface area contributed by atoms with E-state index in [1.807, 2.05) is 0 Å². The Hall–Kier alpha value is -2.24. The maximum atomic E-state index is 12.7. The summed E-state index contributed by atoms with van der Waals surface area (Å²) in [6.07, 6.45) is 0.406. The Labute approximate surface area is 108 Å². The fourth-order valence-corrected chi connectivity index (χ4v) is 1.64. The van der Waals surface area contributed by atoms with E-state index in [1.54, 1.807) is 22.9 Å². The first-order valence-corrected chi connectivity index (χ1v) is 5.58. The molecule has 6 heteroatoms. The number of nitrogens with zero attached hydrogens (tertiary/aromatic N) is 2. The molecular formula is C13H12F3N3. The third kappa shape index (κ3) is 2.96. The van der Waals surface area contributed by atoms with E-state index in [-0.39, 0.29) is 0 Å². The topological polar surface area (TPSA) is 29.9 Å². The van der Waals surface area contributed by atoms with Crippen molar-refractivity contribution < 1.29 is 13.2 Å². The number of aromatic nitrogens is 2. The highest BCUT2D eigenvalue weighted by molar-refractivity contribution is 5.44. The van der Waals surface area contributed by atoms with Crippen molar-refractivity contribution in [1.82, 2.24) is 9.55 Å². The number of anilines is 1. The predicted octanol–water partition coefficient (Wildman–Crippen LogP) is 3.49. The average molecular weight is 267 g/mol. The molecule has 19 heavy (non-hydrogen) atoms. The van der Waals surface area contributed by atoms with Crippen molar-refractivity contribution >= 4 is 5.95 Å². The predicted molar refractivity (Wildman–Crippen MR) is 67.3 cm³/mol. The highest BCUT2D eigenvalue weighted by Gasteiger charge is 2.30. The second-order valence-electron chi connectivity index (χ2n) is 3.84. The van der Waals surface area contributed by atoms with Gasteiger partial charge in [-0.3, -0.25) is 4.57 Å². The van der Waals surface area contributed by atoms with E-state index in [0.717, 1.165) is 12.1 Å². The molecular weight excluding hydrogens is 255 g/mol. The summed E-state index contributed by atoms with van der Waals surface area (Å²) in [7, 11) is 0. The van der Waals surface area contributed by atoms with Crippen molar-refractivity contribution in [2.24, 2.45) is 0 Å². The lowest BCUT2D eigenvalue weighted by Crippen LogP contribution is -2.08. The first-order chi connectivity index (χ1) is 9.02. The van der Waals surface area contributed by atoms with E-state index in [2.05, 4.69) is 16.9 Å². The summed E-state index contributed by atoms with van der Waals surface area (Å²) in [5.41, 5.74) is -0.285. The Bertz CT molecular complexity index is 573. The van der Waals surface area contributed by atoms with Crippen LogP contribution >= 0.6 is 0 Å². The van der Waals surface area contributed by atoms with Crippen LogP contribution in [0.1, 0.15) is 5.56 Å². The Morgan fingerprint density at radius 3 is 2.84 bits per heavy atom. The normalized spacial score (nSPS) is 11.3. The number of nitrogens with one attached hydrogen (secondary N) is 1. The molecule has 0 aliphatic rings. The monoisotopic (exact) mass is 267 g/mol. The zero-order valence-electron chi connectivity index (χ0n) is 9.98. The van der Waals surface area contributed by atoms with Gasteiger partial charge < -0.3 is 5.32 Å². The molecule has 3 nitrogen and oxygen atoms in total. The lowest BCUT2D eigenvalue weighted by Gasteiger charge is -2.11. The SMILES string of the molecule is C=CCNc1nccn1-c1cccc(C(F)(F)F)c1. The van der Waals surface area contributed by atoms with Crippen molar-refractivity contribution in [2.45, 2.75) is 6.18 Å². The second kappa shape index (κ2) is 5.17. The van der Waals surface area contributed by atoms with Crippen LogP contribution in [0.25, 0.3) is 5.69 Å². The zero-order chi connectivity index (χ0) is 13.9. The quantitative estimate of drug-likeness (QED) is 0.859. The molecule has 0 bridgehead atoms. The van der Waals surface area contributed by atoms with Crippen molar-refractivity contribution in [1.29, 1.82) is 0 Å². The Morgan fingerprint density at radius 1 is 1.37 bits per heavy atom. The molecule has 100 valence electrons. The van der Waals surface area contributed by atoms with E-state index in [4.69, 9.17) is 0 Å². The number of hydrogen-bond donors (Lipinski definition) is 1. The van der Waals surface area contributed by atoms with Crippen LogP contribution < -0.4 is 5.32 Å². The van der Waals surface area contributed by atoms with Gasteiger partial charge >= 0.3 is 6.18 Å². The van der Waals surface area contributed by atoms with E-state index in [1.165, 1.54) is 12.3 Å². The summed E-state index contributed by atoms with van der Waals surface area (Å²) in [6.45, 7) is 4.04. The molecule has 2 rings (SSSR count). The van der Waals surface area contributed by atoms with Gasteiger partial charge in [0.05, 0.1) is 5.56 Å².